The molecule has 2 bridgehead atoms. The quantitative estimate of drug-likeness (QED) is 0.883. The second-order valence-electron chi connectivity index (χ2n) is 6.19. The predicted molar refractivity (Wildman–Crippen MR) is 87.4 cm³/mol. The summed E-state index contributed by atoms with van der Waals surface area (Å²) >= 11 is 0. The highest BCUT2D eigenvalue weighted by molar-refractivity contribution is 5.47. The van der Waals surface area contributed by atoms with Crippen molar-refractivity contribution in [3.8, 4) is 11.5 Å². The average Bonchev–Trinajstić information content (AvgIpc) is 3.18. The molecule has 2 fully saturated rings. The fourth-order valence-corrected chi connectivity index (χ4v) is 3.47. The molecular weight excluding hydrogens is 274 g/mol. The first-order valence-electron chi connectivity index (χ1n) is 8.09. The van der Waals surface area contributed by atoms with Crippen molar-refractivity contribution in [1.29, 1.82) is 0 Å². The van der Waals surface area contributed by atoms with Gasteiger partial charge in [0.2, 0.25) is 0 Å². The number of anilines is 1. The van der Waals surface area contributed by atoms with Crippen molar-refractivity contribution in [1.82, 2.24) is 0 Å². The molecule has 0 aromatic heterocycles. The van der Waals surface area contributed by atoms with Gasteiger partial charge in [0.25, 0.3) is 0 Å². The lowest BCUT2D eigenvalue weighted by Gasteiger charge is -2.19. The summed E-state index contributed by atoms with van der Waals surface area (Å²) < 4.78 is 11.7. The van der Waals surface area contributed by atoms with E-state index >= 15 is 0 Å². The largest absolute Gasteiger partial charge is 0.457 e. The Balaban J connectivity index is 1.32. The molecule has 0 saturated carbocycles. The van der Waals surface area contributed by atoms with Gasteiger partial charge in [-0.15, -0.1) is 0 Å². The van der Waals surface area contributed by atoms with Crippen molar-refractivity contribution < 1.29 is 9.47 Å². The number of hydrogen-bond donors (Lipinski definition) is 1. The number of rotatable bonds is 5. The van der Waals surface area contributed by atoms with Gasteiger partial charge in [-0.2, -0.15) is 0 Å². The third-order valence-corrected chi connectivity index (χ3v) is 4.63. The Morgan fingerprint density at radius 3 is 2.41 bits per heavy atom. The molecule has 3 nitrogen and oxygen atoms in total. The number of ether oxygens (including phenoxy) is 2. The van der Waals surface area contributed by atoms with E-state index in [4.69, 9.17) is 9.47 Å². The van der Waals surface area contributed by atoms with E-state index in [2.05, 4.69) is 17.4 Å². The Hall–Kier alpha value is -2.00. The first-order chi connectivity index (χ1) is 10.9. The standard InChI is InChI=1S/C19H21NO2/c1-2-4-16(5-3-1)21-17-8-6-15(7-9-17)20-13-14-12-18-10-11-19(14)22-18/h1-9,14,18-20H,10-13H2. The lowest BCUT2D eigenvalue weighted by atomic mass is 9.89. The van der Waals surface area contributed by atoms with E-state index < -0.39 is 0 Å². The van der Waals surface area contributed by atoms with Gasteiger partial charge in [-0.1, -0.05) is 18.2 Å². The molecular formula is C19H21NO2. The third kappa shape index (κ3) is 2.95. The third-order valence-electron chi connectivity index (χ3n) is 4.63. The van der Waals surface area contributed by atoms with Crippen molar-refractivity contribution >= 4 is 5.69 Å². The summed E-state index contributed by atoms with van der Waals surface area (Å²) in [4.78, 5) is 0. The van der Waals surface area contributed by atoms with Gasteiger partial charge in [0.05, 0.1) is 12.2 Å². The number of benzene rings is 2. The first-order valence-corrected chi connectivity index (χ1v) is 8.09. The van der Waals surface area contributed by atoms with Crippen molar-refractivity contribution in [2.75, 3.05) is 11.9 Å². The molecule has 2 aliphatic rings. The van der Waals surface area contributed by atoms with Crippen LogP contribution in [-0.2, 0) is 4.74 Å². The molecule has 114 valence electrons. The highest BCUT2D eigenvalue weighted by Crippen LogP contribution is 2.38. The van der Waals surface area contributed by atoms with Gasteiger partial charge in [-0.25, -0.2) is 0 Å². The lowest BCUT2D eigenvalue weighted by molar-refractivity contribution is 0.0941. The Bertz CT molecular complexity index is 611. The monoisotopic (exact) mass is 295 g/mol. The van der Waals surface area contributed by atoms with Crippen molar-refractivity contribution in [3.05, 3.63) is 54.6 Å². The van der Waals surface area contributed by atoms with Crippen LogP contribution in [-0.4, -0.2) is 18.8 Å². The molecule has 3 heteroatoms. The molecule has 2 saturated heterocycles. The molecule has 0 spiro atoms. The van der Waals surface area contributed by atoms with Crippen LogP contribution in [0.5, 0.6) is 11.5 Å². The maximum atomic E-state index is 5.90. The van der Waals surface area contributed by atoms with Crippen LogP contribution in [0.25, 0.3) is 0 Å². The van der Waals surface area contributed by atoms with Gasteiger partial charge in [0, 0.05) is 18.2 Å². The molecule has 22 heavy (non-hydrogen) atoms. The minimum atomic E-state index is 0.484. The van der Waals surface area contributed by atoms with Gasteiger partial charge in [-0.05, 0) is 55.7 Å². The van der Waals surface area contributed by atoms with E-state index in [9.17, 15) is 0 Å². The average molecular weight is 295 g/mol. The van der Waals surface area contributed by atoms with Crippen LogP contribution >= 0.6 is 0 Å². The van der Waals surface area contributed by atoms with Gasteiger partial charge >= 0.3 is 0 Å². The predicted octanol–water partition coefficient (Wildman–Crippen LogP) is 4.46. The minimum absolute atomic E-state index is 0.484. The van der Waals surface area contributed by atoms with Gasteiger partial charge in [0.15, 0.2) is 0 Å². The molecule has 0 aliphatic carbocycles. The molecule has 2 aromatic carbocycles. The van der Waals surface area contributed by atoms with Crippen molar-refractivity contribution in [3.63, 3.8) is 0 Å². The smallest absolute Gasteiger partial charge is 0.127 e. The first kappa shape index (κ1) is 13.6. The molecule has 4 rings (SSSR count). The highest BCUT2D eigenvalue weighted by atomic mass is 16.5. The van der Waals surface area contributed by atoms with Gasteiger partial charge < -0.3 is 14.8 Å². The molecule has 0 radical (unpaired) electrons. The van der Waals surface area contributed by atoms with E-state index in [-0.39, 0.29) is 0 Å². The SMILES string of the molecule is c1ccc(Oc2ccc(NCC3CC4CCC3O4)cc2)cc1. The molecule has 1 N–H and O–H groups in total. The van der Waals surface area contributed by atoms with Crippen LogP contribution in [0.2, 0.25) is 0 Å². The zero-order chi connectivity index (χ0) is 14.8. The summed E-state index contributed by atoms with van der Waals surface area (Å²) in [5, 5.41) is 3.53. The van der Waals surface area contributed by atoms with Crippen LogP contribution in [0.15, 0.2) is 54.6 Å². The molecule has 2 aromatic rings. The Kier molecular flexibility index (Phi) is 3.73. The van der Waals surface area contributed by atoms with E-state index in [1.54, 1.807) is 0 Å². The molecule has 2 aliphatic heterocycles. The lowest BCUT2D eigenvalue weighted by Crippen LogP contribution is -2.24. The Labute approximate surface area is 131 Å². The summed E-state index contributed by atoms with van der Waals surface area (Å²) in [5.74, 6) is 2.39. The van der Waals surface area contributed by atoms with E-state index in [1.807, 2.05) is 42.5 Å². The number of hydrogen-bond acceptors (Lipinski definition) is 3. The molecule has 3 atom stereocenters. The summed E-state index contributed by atoms with van der Waals surface area (Å²) in [6, 6.07) is 18.0. The summed E-state index contributed by atoms with van der Waals surface area (Å²) in [7, 11) is 0. The van der Waals surface area contributed by atoms with Crippen LogP contribution in [0.1, 0.15) is 19.3 Å². The zero-order valence-electron chi connectivity index (χ0n) is 12.6. The minimum Gasteiger partial charge on any atom is -0.457 e. The number of para-hydroxylation sites is 1. The fraction of sp³-hybridized carbons (Fsp3) is 0.368. The fourth-order valence-electron chi connectivity index (χ4n) is 3.47. The Morgan fingerprint density at radius 1 is 0.955 bits per heavy atom. The van der Waals surface area contributed by atoms with Gasteiger partial charge in [0.1, 0.15) is 11.5 Å². The topological polar surface area (TPSA) is 30.5 Å². The summed E-state index contributed by atoms with van der Waals surface area (Å²) in [6.07, 6.45) is 4.72. The van der Waals surface area contributed by atoms with Crippen LogP contribution in [0, 0.1) is 5.92 Å². The Morgan fingerprint density at radius 2 is 1.73 bits per heavy atom. The summed E-state index contributed by atoms with van der Waals surface area (Å²) in [5.41, 5.74) is 1.14. The van der Waals surface area contributed by atoms with Crippen molar-refractivity contribution in [2.45, 2.75) is 31.5 Å². The van der Waals surface area contributed by atoms with E-state index in [1.165, 1.54) is 19.3 Å². The highest BCUT2D eigenvalue weighted by Gasteiger charge is 2.40. The van der Waals surface area contributed by atoms with Crippen LogP contribution in [0.4, 0.5) is 5.69 Å². The molecule has 2 heterocycles. The van der Waals surface area contributed by atoms with E-state index in [0.717, 1.165) is 23.7 Å². The summed E-state index contributed by atoms with van der Waals surface area (Å²) in [6.45, 7) is 1.00. The van der Waals surface area contributed by atoms with Gasteiger partial charge in [-0.3, -0.25) is 0 Å². The molecule has 0 amide bonds. The van der Waals surface area contributed by atoms with Crippen LogP contribution < -0.4 is 10.1 Å². The normalized spacial score (nSPS) is 26.1. The second-order valence-corrected chi connectivity index (χ2v) is 6.19. The number of fused-ring (bicyclic) bond motifs is 2. The number of nitrogens with one attached hydrogen (secondary N) is 1. The maximum Gasteiger partial charge on any atom is 0.127 e. The van der Waals surface area contributed by atoms with E-state index in [0.29, 0.717) is 18.1 Å². The van der Waals surface area contributed by atoms with Crippen LogP contribution in [0.3, 0.4) is 0 Å². The maximum absolute atomic E-state index is 5.90. The second kappa shape index (κ2) is 6.01. The van der Waals surface area contributed by atoms with Crippen molar-refractivity contribution in [2.24, 2.45) is 5.92 Å². The zero-order valence-corrected chi connectivity index (χ0v) is 12.6. The molecule has 3 unspecified atom stereocenters.